The molecule has 1 amide bonds. The molecule has 2 N–H and O–H groups in total. The van der Waals surface area contributed by atoms with Gasteiger partial charge in [-0.15, -0.1) is 0 Å². The van der Waals surface area contributed by atoms with Crippen LogP contribution in [0.15, 0.2) is 46.9 Å². The van der Waals surface area contributed by atoms with Crippen molar-refractivity contribution < 1.29 is 9.53 Å². The summed E-state index contributed by atoms with van der Waals surface area (Å²) in [5.74, 6) is 1.18. The number of benzene rings is 2. The number of nitrogens with zero attached hydrogens (tertiary/aromatic N) is 1. The van der Waals surface area contributed by atoms with Crippen molar-refractivity contribution in [1.82, 2.24) is 0 Å². The number of ether oxygens (including phenoxy) is 1. The van der Waals surface area contributed by atoms with Crippen LogP contribution in [0.1, 0.15) is 18.1 Å². The molecule has 0 spiro atoms. The highest BCUT2D eigenvalue weighted by molar-refractivity contribution is 9.10. The molecule has 0 radical (unpaired) electrons. The number of halogens is 1. The zero-order valence-corrected chi connectivity index (χ0v) is 16.1. The van der Waals surface area contributed by atoms with Gasteiger partial charge in [0.15, 0.2) is 0 Å². The lowest BCUT2D eigenvalue weighted by Crippen LogP contribution is -2.48. The third-order valence-corrected chi connectivity index (χ3v) is 5.37. The summed E-state index contributed by atoms with van der Waals surface area (Å²) in [6.07, 6.45) is 1.48. The van der Waals surface area contributed by atoms with Crippen molar-refractivity contribution in [3.63, 3.8) is 0 Å². The van der Waals surface area contributed by atoms with Gasteiger partial charge in [-0.25, -0.2) is 0 Å². The molecule has 0 saturated heterocycles. The molecule has 0 saturated carbocycles. The molecule has 132 valence electrons. The number of methoxy groups -OCH3 is 1. The van der Waals surface area contributed by atoms with Crippen molar-refractivity contribution in [3.05, 3.63) is 58.1 Å². The minimum absolute atomic E-state index is 0.0262. The number of amides is 1. The van der Waals surface area contributed by atoms with Crippen molar-refractivity contribution in [2.24, 2.45) is 11.7 Å². The lowest BCUT2D eigenvalue weighted by molar-refractivity contribution is -0.120. The number of para-hydroxylation sites is 1. The zero-order chi connectivity index (χ0) is 18.0. The molecule has 4 nitrogen and oxygen atoms in total. The van der Waals surface area contributed by atoms with E-state index in [1.165, 1.54) is 5.56 Å². The van der Waals surface area contributed by atoms with Crippen LogP contribution in [0.25, 0.3) is 0 Å². The second kappa shape index (κ2) is 7.58. The van der Waals surface area contributed by atoms with Gasteiger partial charge in [-0.1, -0.05) is 47.1 Å². The van der Waals surface area contributed by atoms with Gasteiger partial charge in [0.2, 0.25) is 5.91 Å². The van der Waals surface area contributed by atoms with Crippen LogP contribution >= 0.6 is 15.9 Å². The van der Waals surface area contributed by atoms with E-state index in [2.05, 4.69) is 28.9 Å². The van der Waals surface area contributed by atoms with Crippen LogP contribution in [-0.2, 0) is 17.6 Å². The summed E-state index contributed by atoms with van der Waals surface area (Å²) in [4.78, 5) is 14.9. The standard InChI is InChI=1S/C20H23BrN2O2/c1-13-9-15-5-3-4-6-19(15)23(12-13)20(24)18(22)10-14-7-8-16(25-2)11-17(14)21/h3-8,11,13,18H,9-10,12,22H2,1-2H3/t13?,18-/m0/s1. The van der Waals surface area contributed by atoms with Gasteiger partial charge < -0.3 is 15.4 Å². The molecule has 2 aromatic carbocycles. The number of fused-ring (bicyclic) bond motifs is 1. The molecular formula is C20H23BrN2O2. The average Bonchev–Trinajstić information content (AvgIpc) is 2.61. The van der Waals surface area contributed by atoms with Crippen molar-refractivity contribution in [2.45, 2.75) is 25.8 Å². The van der Waals surface area contributed by atoms with E-state index in [1.807, 2.05) is 41.3 Å². The molecule has 2 aromatic rings. The normalized spacial score (nSPS) is 17.8. The van der Waals surface area contributed by atoms with Crippen molar-refractivity contribution in [3.8, 4) is 5.75 Å². The SMILES string of the molecule is COc1ccc(C[C@H](N)C(=O)N2CC(C)Cc3ccccc32)c(Br)c1. The Balaban J connectivity index is 1.79. The van der Waals surface area contributed by atoms with E-state index in [-0.39, 0.29) is 5.91 Å². The molecule has 5 heteroatoms. The molecule has 0 aromatic heterocycles. The summed E-state index contributed by atoms with van der Waals surface area (Å²) in [7, 11) is 1.63. The van der Waals surface area contributed by atoms with Gasteiger partial charge in [0.1, 0.15) is 5.75 Å². The third kappa shape index (κ3) is 3.88. The summed E-state index contributed by atoms with van der Waals surface area (Å²) < 4.78 is 6.12. The minimum Gasteiger partial charge on any atom is -0.497 e. The van der Waals surface area contributed by atoms with Crippen molar-refractivity contribution >= 4 is 27.5 Å². The Bertz CT molecular complexity index is 778. The second-order valence-corrected chi connectivity index (χ2v) is 7.51. The van der Waals surface area contributed by atoms with E-state index >= 15 is 0 Å². The summed E-state index contributed by atoms with van der Waals surface area (Å²) in [5, 5.41) is 0. The van der Waals surface area contributed by atoms with Crippen LogP contribution in [0.3, 0.4) is 0 Å². The fourth-order valence-electron chi connectivity index (χ4n) is 3.35. The Labute approximate surface area is 157 Å². The number of carbonyl (C=O) groups excluding carboxylic acids is 1. The van der Waals surface area contributed by atoms with Crippen LogP contribution in [0.4, 0.5) is 5.69 Å². The first-order valence-electron chi connectivity index (χ1n) is 8.47. The minimum atomic E-state index is -0.581. The molecule has 0 aliphatic carbocycles. The summed E-state index contributed by atoms with van der Waals surface area (Å²) in [6.45, 7) is 2.88. The van der Waals surface area contributed by atoms with Gasteiger partial charge in [0, 0.05) is 16.7 Å². The lowest BCUT2D eigenvalue weighted by Gasteiger charge is -2.34. The van der Waals surface area contributed by atoms with E-state index in [1.54, 1.807) is 7.11 Å². The Morgan fingerprint density at radius 1 is 1.36 bits per heavy atom. The second-order valence-electron chi connectivity index (χ2n) is 6.65. The molecule has 0 bridgehead atoms. The lowest BCUT2D eigenvalue weighted by atomic mass is 9.93. The molecule has 1 aliphatic heterocycles. The van der Waals surface area contributed by atoms with E-state index in [4.69, 9.17) is 10.5 Å². The van der Waals surface area contributed by atoms with Gasteiger partial charge >= 0.3 is 0 Å². The first-order valence-corrected chi connectivity index (χ1v) is 9.26. The summed E-state index contributed by atoms with van der Waals surface area (Å²) in [6, 6.07) is 13.2. The van der Waals surface area contributed by atoms with E-state index in [0.29, 0.717) is 18.9 Å². The van der Waals surface area contributed by atoms with E-state index < -0.39 is 6.04 Å². The topological polar surface area (TPSA) is 55.6 Å². The largest absolute Gasteiger partial charge is 0.497 e. The first kappa shape index (κ1) is 18.0. The summed E-state index contributed by atoms with van der Waals surface area (Å²) in [5.41, 5.74) is 9.49. The molecule has 25 heavy (non-hydrogen) atoms. The number of nitrogens with two attached hydrogens (primary N) is 1. The van der Waals surface area contributed by atoms with Crippen LogP contribution in [0, 0.1) is 5.92 Å². The number of hydrogen-bond acceptors (Lipinski definition) is 3. The number of anilines is 1. The van der Waals surface area contributed by atoms with Crippen LogP contribution in [0.2, 0.25) is 0 Å². The molecule has 3 rings (SSSR count). The molecule has 1 aliphatic rings. The quantitative estimate of drug-likeness (QED) is 0.850. The molecule has 2 atom stereocenters. The fourth-order valence-corrected chi connectivity index (χ4v) is 3.87. The van der Waals surface area contributed by atoms with Crippen LogP contribution in [-0.4, -0.2) is 25.6 Å². The maximum Gasteiger partial charge on any atom is 0.244 e. The summed E-state index contributed by atoms with van der Waals surface area (Å²) >= 11 is 3.54. The highest BCUT2D eigenvalue weighted by Crippen LogP contribution is 2.30. The predicted octanol–water partition coefficient (Wildman–Crippen LogP) is 3.55. The van der Waals surface area contributed by atoms with Crippen molar-refractivity contribution in [2.75, 3.05) is 18.6 Å². The number of carbonyl (C=O) groups is 1. The average molecular weight is 403 g/mol. The highest BCUT2D eigenvalue weighted by Gasteiger charge is 2.29. The Kier molecular flexibility index (Phi) is 5.45. The maximum absolute atomic E-state index is 13.0. The molecule has 1 heterocycles. The molecule has 0 fully saturated rings. The zero-order valence-electron chi connectivity index (χ0n) is 14.5. The van der Waals surface area contributed by atoms with E-state index in [9.17, 15) is 4.79 Å². The van der Waals surface area contributed by atoms with Gasteiger partial charge in [0.05, 0.1) is 13.2 Å². The van der Waals surface area contributed by atoms with Gasteiger partial charge in [-0.2, -0.15) is 0 Å². The molecular weight excluding hydrogens is 380 g/mol. The van der Waals surface area contributed by atoms with Crippen molar-refractivity contribution in [1.29, 1.82) is 0 Å². The highest BCUT2D eigenvalue weighted by atomic mass is 79.9. The Hall–Kier alpha value is -1.85. The first-order chi connectivity index (χ1) is 12.0. The smallest absolute Gasteiger partial charge is 0.244 e. The Morgan fingerprint density at radius 2 is 2.12 bits per heavy atom. The van der Waals surface area contributed by atoms with Crippen LogP contribution in [0.5, 0.6) is 5.75 Å². The fraction of sp³-hybridized carbons (Fsp3) is 0.350. The monoisotopic (exact) mass is 402 g/mol. The van der Waals surface area contributed by atoms with Gasteiger partial charge in [0.25, 0.3) is 0 Å². The van der Waals surface area contributed by atoms with Gasteiger partial charge in [-0.3, -0.25) is 4.79 Å². The number of hydrogen-bond donors (Lipinski definition) is 1. The molecule has 1 unspecified atom stereocenters. The Morgan fingerprint density at radius 3 is 2.84 bits per heavy atom. The predicted molar refractivity (Wildman–Crippen MR) is 104 cm³/mol. The maximum atomic E-state index is 13.0. The number of rotatable bonds is 4. The third-order valence-electron chi connectivity index (χ3n) is 4.63. The van der Waals surface area contributed by atoms with Crippen LogP contribution < -0.4 is 15.4 Å². The van der Waals surface area contributed by atoms with E-state index in [0.717, 1.165) is 27.9 Å². The van der Waals surface area contributed by atoms with Gasteiger partial charge in [-0.05, 0) is 48.1 Å².